The molecule has 0 aromatic heterocycles. The molecule has 0 radical (unpaired) electrons. The van der Waals surface area contributed by atoms with Crippen molar-refractivity contribution in [1.82, 2.24) is 19.2 Å². The Labute approximate surface area is 102 Å². The molecule has 17 heavy (non-hydrogen) atoms. The van der Waals surface area contributed by atoms with Gasteiger partial charge in [0.15, 0.2) is 0 Å². The summed E-state index contributed by atoms with van der Waals surface area (Å²) in [6.07, 6.45) is 0. The number of hydrogen-bond acceptors (Lipinski definition) is 4. The molecule has 1 heterocycles. The van der Waals surface area contributed by atoms with Gasteiger partial charge in [-0.15, -0.1) is 0 Å². The molecule has 0 aromatic rings. The Kier molecular flexibility index (Phi) is 4.87. The van der Waals surface area contributed by atoms with Crippen molar-refractivity contribution in [1.29, 1.82) is 0 Å². The molecule has 0 spiro atoms. The van der Waals surface area contributed by atoms with Gasteiger partial charge in [0.05, 0.1) is 6.04 Å². The first-order chi connectivity index (χ1) is 7.84. The van der Waals surface area contributed by atoms with Crippen LogP contribution in [0.3, 0.4) is 0 Å². The molecule has 1 atom stereocenters. The molecule has 100 valence electrons. The van der Waals surface area contributed by atoms with Crippen LogP contribution in [0.1, 0.15) is 6.92 Å². The molecular formula is C9H20N4O3S. The third-order valence-corrected chi connectivity index (χ3v) is 4.22. The van der Waals surface area contributed by atoms with Gasteiger partial charge in [0.25, 0.3) is 10.2 Å². The number of hydrogen-bond donors (Lipinski definition) is 2. The van der Waals surface area contributed by atoms with Crippen molar-refractivity contribution in [3.8, 4) is 0 Å². The smallest absolute Gasteiger partial charge is 0.279 e. The maximum absolute atomic E-state index is 12.0. The Hall–Kier alpha value is -0.700. The molecule has 1 aliphatic heterocycles. The summed E-state index contributed by atoms with van der Waals surface area (Å²) < 4.78 is 26.5. The van der Waals surface area contributed by atoms with Crippen molar-refractivity contribution in [3.63, 3.8) is 0 Å². The highest BCUT2D eigenvalue weighted by Crippen LogP contribution is 2.00. The van der Waals surface area contributed by atoms with Crippen molar-refractivity contribution in [2.75, 3.05) is 40.3 Å². The van der Waals surface area contributed by atoms with E-state index in [0.29, 0.717) is 13.1 Å². The Bertz CT molecular complexity index is 362. The van der Waals surface area contributed by atoms with Crippen LogP contribution in [-0.2, 0) is 15.0 Å². The van der Waals surface area contributed by atoms with Gasteiger partial charge in [-0.3, -0.25) is 4.79 Å². The number of amides is 1. The molecule has 1 saturated heterocycles. The second-order valence-corrected chi connectivity index (χ2v) is 6.12. The van der Waals surface area contributed by atoms with Gasteiger partial charge >= 0.3 is 0 Å². The molecule has 2 N–H and O–H groups in total. The maximum Gasteiger partial charge on any atom is 0.279 e. The minimum atomic E-state index is -3.56. The van der Waals surface area contributed by atoms with Crippen molar-refractivity contribution in [2.24, 2.45) is 0 Å². The molecule has 1 aliphatic rings. The molecule has 1 unspecified atom stereocenters. The molecule has 1 rings (SSSR count). The molecular weight excluding hydrogens is 244 g/mol. The summed E-state index contributed by atoms with van der Waals surface area (Å²) in [5.41, 5.74) is 0. The van der Waals surface area contributed by atoms with Gasteiger partial charge in [-0.05, 0) is 6.92 Å². The topological polar surface area (TPSA) is 81.8 Å². The highest BCUT2D eigenvalue weighted by atomic mass is 32.2. The van der Waals surface area contributed by atoms with E-state index in [2.05, 4.69) is 10.0 Å². The van der Waals surface area contributed by atoms with E-state index in [-0.39, 0.29) is 5.91 Å². The standard InChI is InChI=1S/C9H20N4O3S/c1-8(11-17(15,16)12(2)3)9(14)13-6-4-10-5-7-13/h8,10-11H,4-7H2,1-3H3. The van der Waals surface area contributed by atoms with E-state index in [1.165, 1.54) is 14.1 Å². The van der Waals surface area contributed by atoms with Gasteiger partial charge in [0.2, 0.25) is 5.91 Å². The predicted molar refractivity (Wildman–Crippen MR) is 64.7 cm³/mol. The summed E-state index contributed by atoms with van der Waals surface area (Å²) in [6, 6.07) is -0.736. The zero-order chi connectivity index (χ0) is 13.1. The summed E-state index contributed by atoms with van der Waals surface area (Å²) in [5, 5.41) is 3.13. The third kappa shape index (κ3) is 3.91. The Morgan fingerprint density at radius 3 is 2.35 bits per heavy atom. The number of carbonyl (C=O) groups is 1. The van der Waals surface area contributed by atoms with Crippen molar-refractivity contribution >= 4 is 16.1 Å². The van der Waals surface area contributed by atoms with Crippen molar-refractivity contribution in [2.45, 2.75) is 13.0 Å². The van der Waals surface area contributed by atoms with E-state index >= 15 is 0 Å². The predicted octanol–water partition coefficient (Wildman–Crippen LogP) is -1.80. The lowest BCUT2D eigenvalue weighted by Gasteiger charge is -2.30. The Morgan fingerprint density at radius 1 is 1.35 bits per heavy atom. The SMILES string of the molecule is CC(NS(=O)(=O)N(C)C)C(=O)N1CCNCC1. The lowest BCUT2D eigenvalue weighted by Crippen LogP contribution is -2.54. The zero-order valence-corrected chi connectivity index (χ0v) is 11.2. The number of piperazine rings is 1. The highest BCUT2D eigenvalue weighted by Gasteiger charge is 2.26. The van der Waals surface area contributed by atoms with Crippen molar-refractivity contribution < 1.29 is 13.2 Å². The number of rotatable bonds is 4. The summed E-state index contributed by atoms with van der Waals surface area (Å²) in [7, 11) is -0.719. The van der Waals surface area contributed by atoms with Crippen LogP contribution in [0.2, 0.25) is 0 Å². The van der Waals surface area contributed by atoms with E-state index in [0.717, 1.165) is 17.4 Å². The zero-order valence-electron chi connectivity index (χ0n) is 10.4. The Morgan fingerprint density at radius 2 is 1.88 bits per heavy atom. The number of nitrogens with one attached hydrogen (secondary N) is 2. The van der Waals surface area contributed by atoms with Crippen LogP contribution in [0.25, 0.3) is 0 Å². The van der Waals surface area contributed by atoms with E-state index in [4.69, 9.17) is 0 Å². The lowest BCUT2D eigenvalue weighted by atomic mass is 10.2. The van der Waals surface area contributed by atoms with Crippen LogP contribution in [0.15, 0.2) is 0 Å². The normalized spacial score (nSPS) is 19.4. The van der Waals surface area contributed by atoms with Crippen LogP contribution in [0.4, 0.5) is 0 Å². The van der Waals surface area contributed by atoms with Gasteiger partial charge in [0.1, 0.15) is 0 Å². The molecule has 1 fully saturated rings. The first kappa shape index (κ1) is 14.4. The first-order valence-electron chi connectivity index (χ1n) is 5.54. The van der Waals surface area contributed by atoms with Crippen LogP contribution >= 0.6 is 0 Å². The summed E-state index contributed by atoms with van der Waals surface area (Å²) in [6.45, 7) is 4.29. The average Bonchev–Trinajstić information content (AvgIpc) is 2.28. The van der Waals surface area contributed by atoms with Crippen LogP contribution in [0.5, 0.6) is 0 Å². The van der Waals surface area contributed by atoms with E-state index in [1.54, 1.807) is 11.8 Å². The minimum Gasteiger partial charge on any atom is -0.339 e. The average molecular weight is 264 g/mol. The second-order valence-electron chi connectivity index (χ2n) is 4.20. The molecule has 0 saturated carbocycles. The number of carbonyl (C=O) groups excluding carboxylic acids is 1. The molecule has 0 aromatic carbocycles. The third-order valence-electron chi connectivity index (χ3n) is 2.61. The fourth-order valence-corrected chi connectivity index (χ4v) is 2.30. The van der Waals surface area contributed by atoms with E-state index in [1.807, 2.05) is 0 Å². The first-order valence-corrected chi connectivity index (χ1v) is 6.98. The minimum absolute atomic E-state index is 0.183. The molecule has 0 bridgehead atoms. The summed E-state index contributed by atoms with van der Waals surface area (Å²) in [4.78, 5) is 13.6. The highest BCUT2D eigenvalue weighted by molar-refractivity contribution is 7.87. The maximum atomic E-state index is 12.0. The second kappa shape index (κ2) is 5.76. The van der Waals surface area contributed by atoms with E-state index < -0.39 is 16.3 Å². The monoisotopic (exact) mass is 264 g/mol. The van der Waals surface area contributed by atoms with Crippen LogP contribution < -0.4 is 10.0 Å². The van der Waals surface area contributed by atoms with Gasteiger partial charge in [0, 0.05) is 40.3 Å². The number of nitrogens with zero attached hydrogens (tertiary/aromatic N) is 2. The van der Waals surface area contributed by atoms with Crippen LogP contribution in [-0.4, -0.2) is 69.8 Å². The Balaban J connectivity index is 2.58. The van der Waals surface area contributed by atoms with E-state index in [9.17, 15) is 13.2 Å². The van der Waals surface area contributed by atoms with Gasteiger partial charge in [-0.25, -0.2) is 0 Å². The molecule has 0 aliphatic carbocycles. The van der Waals surface area contributed by atoms with Crippen LogP contribution in [0, 0.1) is 0 Å². The fraction of sp³-hybridized carbons (Fsp3) is 0.889. The molecule has 7 nitrogen and oxygen atoms in total. The molecule has 1 amide bonds. The summed E-state index contributed by atoms with van der Waals surface area (Å²) in [5.74, 6) is -0.183. The van der Waals surface area contributed by atoms with Gasteiger partial charge in [-0.1, -0.05) is 0 Å². The van der Waals surface area contributed by atoms with Crippen molar-refractivity contribution in [3.05, 3.63) is 0 Å². The molecule has 8 heteroatoms. The van der Waals surface area contributed by atoms with Gasteiger partial charge in [-0.2, -0.15) is 17.4 Å². The fourth-order valence-electron chi connectivity index (χ4n) is 1.54. The quantitative estimate of drug-likeness (QED) is 0.628. The largest absolute Gasteiger partial charge is 0.339 e. The lowest BCUT2D eigenvalue weighted by molar-refractivity contribution is -0.133. The van der Waals surface area contributed by atoms with Gasteiger partial charge < -0.3 is 10.2 Å². The summed E-state index contributed by atoms with van der Waals surface area (Å²) >= 11 is 0.